The molecular weight excluding hydrogens is 254 g/mol. The second-order valence-corrected chi connectivity index (χ2v) is 3.89. The number of nitrogens with zero attached hydrogens (tertiary/aromatic N) is 1. The number of hydrogen-bond donors (Lipinski definition) is 2. The lowest BCUT2D eigenvalue weighted by atomic mass is 10.2. The highest BCUT2D eigenvalue weighted by Gasteiger charge is 2.00. The van der Waals surface area contributed by atoms with Crippen LogP contribution >= 0.6 is 0 Å². The van der Waals surface area contributed by atoms with E-state index in [9.17, 15) is 4.79 Å². The predicted octanol–water partition coefficient (Wildman–Crippen LogP) is 2.88. The second-order valence-electron chi connectivity index (χ2n) is 3.89. The molecule has 5 heteroatoms. The molecule has 2 rings (SSSR count). The van der Waals surface area contributed by atoms with Crippen LogP contribution < -0.4 is 15.4 Å². The van der Waals surface area contributed by atoms with E-state index in [1.807, 2.05) is 24.3 Å². The number of urea groups is 1. The molecule has 1 aromatic heterocycles. The second kappa shape index (κ2) is 6.94. The van der Waals surface area contributed by atoms with Crippen molar-refractivity contribution in [2.24, 2.45) is 0 Å². The topological polar surface area (TPSA) is 63.2 Å². The summed E-state index contributed by atoms with van der Waals surface area (Å²) in [4.78, 5) is 15.6. The number of para-hydroxylation sites is 1. The maximum Gasteiger partial charge on any atom is 0.324 e. The molecule has 0 aliphatic heterocycles. The van der Waals surface area contributed by atoms with Gasteiger partial charge in [-0.2, -0.15) is 0 Å². The summed E-state index contributed by atoms with van der Waals surface area (Å²) in [5, 5.41) is 5.22. The van der Waals surface area contributed by atoms with E-state index in [1.165, 1.54) is 0 Å². The van der Waals surface area contributed by atoms with Crippen LogP contribution in [0.5, 0.6) is 5.75 Å². The number of ether oxygens (including phenoxy) is 1. The van der Waals surface area contributed by atoms with Crippen LogP contribution in [-0.2, 0) is 0 Å². The van der Waals surface area contributed by atoms with Crippen LogP contribution in [0.2, 0.25) is 0 Å². The average Bonchev–Trinajstić information content (AvgIpc) is 2.49. The summed E-state index contributed by atoms with van der Waals surface area (Å²) in [6.07, 6.45) is 4.92. The lowest BCUT2D eigenvalue weighted by Gasteiger charge is -2.04. The van der Waals surface area contributed by atoms with Crippen LogP contribution in [0.25, 0.3) is 6.08 Å². The van der Waals surface area contributed by atoms with E-state index in [1.54, 1.807) is 43.8 Å². The third-order valence-corrected chi connectivity index (χ3v) is 2.52. The van der Waals surface area contributed by atoms with E-state index >= 15 is 0 Å². The third-order valence-electron chi connectivity index (χ3n) is 2.52. The molecule has 1 aromatic carbocycles. The highest BCUT2D eigenvalue weighted by molar-refractivity contribution is 5.89. The standard InChI is InChI=1S/C15H15N3O2/c1-20-13-7-3-2-6-12(13)9-11-17-15(19)18-14-8-4-5-10-16-14/h2-11H,1H3,(H2,16,17,18,19)/b11-9+. The first-order valence-corrected chi connectivity index (χ1v) is 6.08. The van der Waals surface area contributed by atoms with Crippen LogP contribution in [0, 0.1) is 0 Å². The van der Waals surface area contributed by atoms with Crippen molar-refractivity contribution in [3.05, 3.63) is 60.4 Å². The average molecular weight is 269 g/mol. The van der Waals surface area contributed by atoms with Crippen LogP contribution in [0.15, 0.2) is 54.9 Å². The normalized spacial score (nSPS) is 10.2. The van der Waals surface area contributed by atoms with E-state index in [4.69, 9.17) is 4.74 Å². The maximum atomic E-state index is 11.6. The number of nitrogens with one attached hydrogen (secondary N) is 2. The Balaban J connectivity index is 1.91. The van der Waals surface area contributed by atoms with Gasteiger partial charge in [-0.25, -0.2) is 9.78 Å². The van der Waals surface area contributed by atoms with Crippen LogP contribution in [-0.4, -0.2) is 18.1 Å². The number of carbonyl (C=O) groups excluding carboxylic acids is 1. The largest absolute Gasteiger partial charge is 0.496 e. The molecule has 1 heterocycles. The van der Waals surface area contributed by atoms with E-state index in [0.29, 0.717) is 5.82 Å². The fourth-order valence-electron chi connectivity index (χ4n) is 1.60. The van der Waals surface area contributed by atoms with Crippen molar-refractivity contribution >= 4 is 17.9 Å². The Morgan fingerprint density at radius 1 is 1.20 bits per heavy atom. The zero-order valence-corrected chi connectivity index (χ0v) is 11.0. The van der Waals surface area contributed by atoms with Crippen molar-refractivity contribution in [2.75, 3.05) is 12.4 Å². The molecule has 0 aliphatic carbocycles. The Bertz CT molecular complexity index is 597. The number of carbonyl (C=O) groups is 1. The number of aromatic nitrogens is 1. The SMILES string of the molecule is COc1ccccc1/C=C/NC(=O)Nc1ccccn1. The molecule has 102 valence electrons. The first-order chi connectivity index (χ1) is 9.79. The molecule has 0 fully saturated rings. The number of pyridine rings is 1. The molecule has 0 bridgehead atoms. The van der Waals surface area contributed by atoms with Gasteiger partial charge in [0, 0.05) is 18.0 Å². The van der Waals surface area contributed by atoms with Crippen molar-refractivity contribution < 1.29 is 9.53 Å². The molecule has 0 radical (unpaired) electrons. The maximum absolute atomic E-state index is 11.6. The highest BCUT2D eigenvalue weighted by Crippen LogP contribution is 2.18. The van der Waals surface area contributed by atoms with E-state index < -0.39 is 0 Å². The molecular formula is C15H15N3O2. The van der Waals surface area contributed by atoms with Gasteiger partial charge in [0.15, 0.2) is 0 Å². The van der Waals surface area contributed by atoms with Gasteiger partial charge < -0.3 is 10.1 Å². The Kier molecular flexibility index (Phi) is 4.72. The summed E-state index contributed by atoms with van der Waals surface area (Å²) in [7, 11) is 1.61. The summed E-state index contributed by atoms with van der Waals surface area (Å²) in [6.45, 7) is 0. The van der Waals surface area contributed by atoms with Crippen molar-refractivity contribution in [2.45, 2.75) is 0 Å². The summed E-state index contributed by atoms with van der Waals surface area (Å²) in [5.74, 6) is 1.24. The summed E-state index contributed by atoms with van der Waals surface area (Å²) < 4.78 is 5.21. The highest BCUT2D eigenvalue weighted by atomic mass is 16.5. The van der Waals surface area contributed by atoms with Gasteiger partial charge in [0.25, 0.3) is 0 Å². The van der Waals surface area contributed by atoms with E-state index in [2.05, 4.69) is 15.6 Å². The van der Waals surface area contributed by atoms with Gasteiger partial charge in [-0.05, 0) is 24.3 Å². The van der Waals surface area contributed by atoms with Gasteiger partial charge in [-0.1, -0.05) is 24.3 Å². The smallest absolute Gasteiger partial charge is 0.324 e. The minimum Gasteiger partial charge on any atom is -0.496 e. The molecule has 2 amide bonds. The predicted molar refractivity (Wildman–Crippen MR) is 78.4 cm³/mol. The lowest BCUT2D eigenvalue weighted by molar-refractivity contribution is 0.255. The number of amides is 2. The zero-order chi connectivity index (χ0) is 14.2. The van der Waals surface area contributed by atoms with Crippen molar-refractivity contribution in [3.63, 3.8) is 0 Å². The Hall–Kier alpha value is -2.82. The van der Waals surface area contributed by atoms with Gasteiger partial charge in [-0.3, -0.25) is 5.32 Å². The van der Waals surface area contributed by atoms with Gasteiger partial charge in [0.1, 0.15) is 11.6 Å². The summed E-state index contributed by atoms with van der Waals surface area (Å²) >= 11 is 0. The van der Waals surface area contributed by atoms with Crippen LogP contribution in [0.1, 0.15) is 5.56 Å². The number of methoxy groups -OCH3 is 1. The molecule has 0 saturated heterocycles. The van der Waals surface area contributed by atoms with Crippen molar-refractivity contribution in [1.82, 2.24) is 10.3 Å². The molecule has 20 heavy (non-hydrogen) atoms. The first kappa shape index (κ1) is 13.6. The monoisotopic (exact) mass is 269 g/mol. The van der Waals surface area contributed by atoms with E-state index in [-0.39, 0.29) is 6.03 Å². The Morgan fingerprint density at radius 3 is 2.75 bits per heavy atom. The number of rotatable bonds is 4. The quantitative estimate of drug-likeness (QED) is 0.897. The lowest BCUT2D eigenvalue weighted by Crippen LogP contribution is -2.24. The molecule has 0 atom stereocenters. The Morgan fingerprint density at radius 2 is 2.00 bits per heavy atom. The van der Waals surface area contributed by atoms with E-state index in [0.717, 1.165) is 11.3 Å². The van der Waals surface area contributed by atoms with Crippen LogP contribution in [0.4, 0.5) is 10.6 Å². The molecule has 0 aliphatic rings. The van der Waals surface area contributed by atoms with Gasteiger partial charge in [0.05, 0.1) is 7.11 Å². The summed E-state index contributed by atoms with van der Waals surface area (Å²) in [6, 6.07) is 12.5. The molecule has 2 aromatic rings. The fraction of sp³-hybridized carbons (Fsp3) is 0.0667. The molecule has 0 spiro atoms. The molecule has 2 N–H and O–H groups in total. The van der Waals surface area contributed by atoms with Crippen molar-refractivity contribution in [3.8, 4) is 5.75 Å². The molecule has 5 nitrogen and oxygen atoms in total. The van der Waals surface area contributed by atoms with Crippen molar-refractivity contribution in [1.29, 1.82) is 0 Å². The number of benzene rings is 1. The number of anilines is 1. The summed E-state index contributed by atoms with van der Waals surface area (Å²) in [5.41, 5.74) is 0.883. The third kappa shape index (κ3) is 3.84. The fourth-order valence-corrected chi connectivity index (χ4v) is 1.60. The minimum absolute atomic E-state index is 0.352. The number of hydrogen-bond acceptors (Lipinski definition) is 3. The molecule has 0 unspecified atom stereocenters. The first-order valence-electron chi connectivity index (χ1n) is 6.08. The van der Waals surface area contributed by atoms with Gasteiger partial charge in [-0.15, -0.1) is 0 Å². The Labute approximate surface area is 117 Å². The minimum atomic E-state index is -0.352. The van der Waals surface area contributed by atoms with Gasteiger partial charge in [0.2, 0.25) is 0 Å². The van der Waals surface area contributed by atoms with Crippen LogP contribution in [0.3, 0.4) is 0 Å². The van der Waals surface area contributed by atoms with Gasteiger partial charge >= 0.3 is 6.03 Å². The zero-order valence-electron chi connectivity index (χ0n) is 11.0. The molecule has 0 saturated carbocycles.